The van der Waals surface area contributed by atoms with Crippen molar-refractivity contribution in [2.45, 2.75) is 24.1 Å². The lowest BCUT2D eigenvalue weighted by atomic mass is 10.2. The van der Waals surface area contributed by atoms with Crippen LogP contribution in [0.5, 0.6) is 0 Å². The van der Waals surface area contributed by atoms with E-state index < -0.39 is 0 Å². The summed E-state index contributed by atoms with van der Waals surface area (Å²) in [7, 11) is 0. The van der Waals surface area contributed by atoms with E-state index in [9.17, 15) is 4.79 Å². The minimum atomic E-state index is -0.276. The zero-order valence-corrected chi connectivity index (χ0v) is 12.8. The number of anilines is 1. The van der Waals surface area contributed by atoms with Gasteiger partial charge in [-0.3, -0.25) is 4.79 Å². The molecule has 0 aliphatic rings. The number of thioether (sulfide) groups is 1. The van der Waals surface area contributed by atoms with E-state index in [1.807, 2.05) is 38.1 Å². The van der Waals surface area contributed by atoms with Gasteiger partial charge in [0.25, 0.3) is 0 Å². The van der Waals surface area contributed by atoms with Crippen LogP contribution in [0.25, 0.3) is 0 Å². The third-order valence-electron chi connectivity index (χ3n) is 2.79. The molecule has 5 heteroatoms. The van der Waals surface area contributed by atoms with E-state index >= 15 is 0 Å². The van der Waals surface area contributed by atoms with Crippen LogP contribution < -0.4 is 5.32 Å². The Hall–Kier alpha value is -1.52. The number of nitrogens with one attached hydrogen (secondary N) is 1. The van der Waals surface area contributed by atoms with Crippen molar-refractivity contribution in [2.24, 2.45) is 0 Å². The Morgan fingerprint density at radius 3 is 2.75 bits per heavy atom. The Balaban J connectivity index is 2.03. The molecule has 0 aliphatic heterocycles. The molecule has 3 nitrogen and oxygen atoms in total. The van der Waals surface area contributed by atoms with Gasteiger partial charge in [0.1, 0.15) is 5.03 Å². The Morgan fingerprint density at radius 1 is 1.30 bits per heavy atom. The SMILES string of the molecule is Cc1ccccc1NC(=O)C(C)Sc1ncccc1Cl. The number of aromatic nitrogens is 1. The molecule has 0 saturated heterocycles. The van der Waals surface area contributed by atoms with E-state index in [0.29, 0.717) is 10.0 Å². The molecule has 0 aliphatic carbocycles. The molecule has 104 valence electrons. The van der Waals surface area contributed by atoms with E-state index in [-0.39, 0.29) is 11.2 Å². The Bertz CT molecular complexity index is 618. The first kappa shape index (κ1) is 14.9. The van der Waals surface area contributed by atoms with Crippen molar-refractivity contribution in [2.75, 3.05) is 5.32 Å². The number of hydrogen-bond donors (Lipinski definition) is 1. The standard InChI is InChI=1S/C15H15ClN2OS/c1-10-6-3-4-8-13(10)18-14(19)11(2)20-15-12(16)7-5-9-17-15/h3-9,11H,1-2H3,(H,18,19). The number of nitrogens with zero attached hydrogens (tertiary/aromatic N) is 1. The lowest BCUT2D eigenvalue weighted by Gasteiger charge is -2.13. The number of halogens is 1. The fraction of sp³-hybridized carbons (Fsp3) is 0.200. The van der Waals surface area contributed by atoms with E-state index in [1.54, 1.807) is 18.3 Å². The molecule has 20 heavy (non-hydrogen) atoms. The fourth-order valence-electron chi connectivity index (χ4n) is 1.63. The molecule has 1 aromatic heterocycles. The van der Waals surface area contributed by atoms with E-state index in [4.69, 9.17) is 11.6 Å². The van der Waals surface area contributed by atoms with Crippen LogP contribution >= 0.6 is 23.4 Å². The monoisotopic (exact) mass is 306 g/mol. The van der Waals surface area contributed by atoms with Crippen molar-refractivity contribution >= 4 is 35.0 Å². The smallest absolute Gasteiger partial charge is 0.237 e. The van der Waals surface area contributed by atoms with Gasteiger partial charge in [-0.15, -0.1) is 0 Å². The first-order valence-electron chi connectivity index (χ1n) is 6.21. The summed E-state index contributed by atoms with van der Waals surface area (Å²) in [6, 6.07) is 11.2. The fourth-order valence-corrected chi connectivity index (χ4v) is 2.68. The first-order valence-corrected chi connectivity index (χ1v) is 7.47. The van der Waals surface area contributed by atoms with Gasteiger partial charge in [-0.2, -0.15) is 0 Å². The van der Waals surface area contributed by atoms with Gasteiger partial charge >= 0.3 is 0 Å². The highest BCUT2D eigenvalue weighted by atomic mass is 35.5. The summed E-state index contributed by atoms with van der Waals surface area (Å²) >= 11 is 7.39. The Kier molecular flexibility index (Phi) is 5.04. The maximum absolute atomic E-state index is 12.2. The molecule has 1 unspecified atom stereocenters. The van der Waals surface area contributed by atoms with Gasteiger partial charge in [0, 0.05) is 11.9 Å². The third-order valence-corrected chi connectivity index (χ3v) is 4.32. The van der Waals surface area contributed by atoms with Crippen LogP contribution in [0.1, 0.15) is 12.5 Å². The van der Waals surface area contributed by atoms with Crippen LogP contribution in [-0.2, 0) is 4.79 Å². The van der Waals surface area contributed by atoms with Crippen molar-refractivity contribution in [1.82, 2.24) is 4.98 Å². The number of pyridine rings is 1. The first-order chi connectivity index (χ1) is 9.58. The third kappa shape index (κ3) is 3.74. The minimum absolute atomic E-state index is 0.0639. The molecular formula is C15H15ClN2OS. The molecular weight excluding hydrogens is 292 g/mol. The number of carbonyl (C=O) groups is 1. The Morgan fingerprint density at radius 2 is 2.05 bits per heavy atom. The van der Waals surface area contributed by atoms with Crippen molar-refractivity contribution in [3.8, 4) is 0 Å². The molecule has 0 bridgehead atoms. The zero-order chi connectivity index (χ0) is 14.5. The van der Waals surface area contributed by atoms with Gasteiger partial charge in [-0.05, 0) is 37.6 Å². The number of carbonyl (C=O) groups excluding carboxylic acids is 1. The largest absolute Gasteiger partial charge is 0.325 e. The number of hydrogen-bond acceptors (Lipinski definition) is 3. The van der Waals surface area contributed by atoms with Crippen molar-refractivity contribution < 1.29 is 4.79 Å². The van der Waals surface area contributed by atoms with Gasteiger partial charge in [0.05, 0.1) is 10.3 Å². The summed E-state index contributed by atoms with van der Waals surface area (Å²) in [5, 5.41) is 3.87. The number of para-hydroxylation sites is 1. The summed E-state index contributed by atoms with van der Waals surface area (Å²) < 4.78 is 0. The van der Waals surface area contributed by atoms with E-state index in [0.717, 1.165) is 11.3 Å². The molecule has 1 N–H and O–H groups in total. The number of amides is 1. The maximum atomic E-state index is 12.2. The van der Waals surface area contributed by atoms with E-state index in [1.165, 1.54) is 11.8 Å². The second kappa shape index (κ2) is 6.77. The topological polar surface area (TPSA) is 42.0 Å². The highest BCUT2D eigenvalue weighted by Gasteiger charge is 2.17. The molecule has 0 spiro atoms. The maximum Gasteiger partial charge on any atom is 0.237 e. The van der Waals surface area contributed by atoms with Gasteiger partial charge in [-0.25, -0.2) is 4.98 Å². The second-order valence-electron chi connectivity index (χ2n) is 4.35. The van der Waals surface area contributed by atoms with Crippen LogP contribution in [-0.4, -0.2) is 16.1 Å². The van der Waals surface area contributed by atoms with Crippen molar-refractivity contribution in [1.29, 1.82) is 0 Å². The molecule has 1 aromatic carbocycles. The highest BCUT2D eigenvalue weighted by molar-refractivity contribution is 8.00. The zero-order valence-electron chi connectivity index (χ0n) is 11.3. The van der Waals surface area contributed by atoms with Crippen LogP contribution in [0.15, 0.2) is 47.6 Å². The van der Waals surface area contributed by atoms with E-state index in [2.05, 4.69) is 10.3 Å². The quantitative estimate of drug-likeness (QED) is 0.862. The normalized spacial score (nSPS) is 11.9. The van der Waals surface area contributed by atoms with Gasteiger partial charge in [-0.1, -0.05) is 41.6 Å². The van der Waals surface area contributed by atoms with Crippen LogP contribution in [0.3, 0.4) is 0 Å². The van der Waals surface area contributed by atoms with Gasteiger partial charge in [0.15, 0.2) is 0 Å². The average Bonchev–Trinajstić information content (AvgIpc) is 2.43. The highest BCUT2D eigenvalue weighted by Crippen LogP contribution is 2.28. The summed E-state index contributed by atoms with van der Waals surface area (Å²) in [6.07, 6.45) is 1.67. The summed E-state index contributed by atoms with van der Waals surface area (Å²) in [5.74, 6) is -0.0639. The van der Waals surface area contributed by atoms with Crippen molar-refractivity contribution in [3.63, 3.8) is 0 Å². The molecule has 0 fully saturated rings. The van der Waals surface area contributed by atoms with Crippen LogP contribution in [0, 0.1) is 6.92 Å². The van der Waals surface area contributed by atoms with Gasteiger partial charge in [0.2, 0.25) is 5.91 Å². The molecule has 2 rings (SSSR count). The molecule has 1 amide bonds. The Labute approximate surface area is 127 Å². The molecule has 0 radical (unpaired) electrons. The molecule has 2 aromatic rings. The summed E-state index contributed by atoms with van der Waals surface area (Å²) in [4.78, 5) is 16.4. The van der Waals surface area contributed by atoms with Crippen molar-refractivity contribution in [3.05, 3.63) is 53.2 Å². The number of benzene rings is 1. The number of rotatable bonds is 4. The molecule has 0 saturated carbocycles. The van der Waals surface area contributed by atoms with Crippen LogP contribution in [0.4, 0.5) is 5.69 Å². The summed E-state index contributed by atoms with van der Waals surface area (Å²) in [6.45, 7) is 3.80. The molecule has 1 heterocycles. The number of aryl methyl sites for hydroxylation is 1. The van der Waals surface area contributed by atoms with Crippen LogP contribution in [0.2, 0.25) is 5.02 Å². The average molecular weight is 307 g/mol. The lowest BCUT2D eigenvalue weighted by Crippen LogP contribution is -2.22. The van der Waals surface area contributed by atoms with Gasteiger partial charge < -0.3 is 5.32 Å². The summed E-state index contributed by atoms with van der Waals surface area (Å²) in [5.41, 5.74) is 1.87. The minimum Gasteiger partial charge on any atom is -0.325 e. The lowest BCUT2D eigenvalue weighted by molar-refractivity contribution is -0.115. The molecule has 1 atom stereocenters. The second-order valence-corrected chi connectivity index (χ2v) is 6.09. The predicted molar refractivity (Wildman–Crippen MR) is 84.4 cm³/mol. The predicted octanol–water partition coefficient (Wildman–Crippen LogP) is 4.16.